The van der Waals surface area contributed by atoms with Crippen LogP contribution in [0.25, 0.3) is 21.2 Å². The van der Waals surface area contributed by atoms with Gasteiger partial charge in [-0.1, -0.05) is 52.6 Å². The lowest BCUT2D eigenvalue weighted by Gasteiger charge is -2.02. The van der Waals surface area contributed by atoms with Crippen molar-refractivity contribution in [3.05, 3.63) is 64.4 Å². The zero-order valence-electron chi connectivity index (χ0n) is 15.8. The van der Waals surface area contributed by atoms with Crippen LogP contribution in [0.1, 0.15) is 21.1 Å². The summed E-state index contributed by atoms with van der Waals surface area (Å²) in [7, 11) is 0. The molecule has 0 spiro atoms. The van der Waals surface area contributed by atoms with E-state index in [1.54, 1.807) is 6.07 Å². The Morgan fingerprint density at radius 3 is 2.77 bits per heavy atom. The summed E-state index contributed by atoms with van der Waals surface area (Å²) < 4.78 is 34.0. The van der Waals surface area contributed by atoms with Gasteiger partial charge in [-0.2, -0.15) is 0 Å². The molecule has 2 aromatic carbocycles. The van der Waals surface area contributed by atoms with Gasteiger partial charge in [0.05, 0.1) is 10.2 Å². The molecule has 0 radical (unpaired) electrons. The fourth-order valence-electron chi connectivity index (χ4n) is 3.03. The van der Waals surface area contributed by atoms with Crippen molar-refractivity contribution in [1.82, 2.24) is 15.2 Å². The van der Waals surface area contributed by atoms with E-state index in [-0.39, 0.29) is 16.4 Å². The fraction of sp³-hybridized carbons (Fsp3) is 0.100. The van der Waals surface area contributed by atoms with Crippen molar-refractivity contribution in [3.63, 3.8) is 0 Å². The summed E-state index contributed by atoms with van der Waals surface area (Å²) in [5.74, 6) is -1.81. The van der Waals surface area contributed by atoms with Crippen LogP contribution in [0.2, 0.25) is 0 Å². The zero-order valence-corrected chi connectivity index (χ0v) is 18.3. The molecule has 0 aliphatic carbocycles. The highest BCUT2D eigenvalue weighted by molar-refractivity contribution is 8.00. The molecule has 156 valence electrons. The molecular formula is C20H12F2N4O2S3. The first-order valence-electron chi connectivity index (χ1n) is 8.98. The van der Waals surface area contributed by atoms with Gasteiger partial charge in [-0.05, 0) is 19.1 Å². The molecular weight excluding hydrogens is 462 g/mol. The van der Waals surface area contributed by atoms with E-state index in [1.165, 1.54) is 23.1 Å². The summed E-state index contributed by atoms with van der Waals surface area (Å²) in [6.07, 6.45) is 0. The number of amides is 1. The first-order valence-corrected chi connectivity index (χ1v) is 11.6. The SMILES string of the molecule is Cc1nnc(SCc2c(C(=O)Nc3nc4cc(F)c(F)cc4s3)oc3ccccc23)s1. The second kappa shape index (κ2) is 7.98. The molecule has 0 unspecified atom stereocenters. The van der Waals surface area contributed by atoms with Crippen LogP contribution in [0.4, 0.5) is 13.9 Å². The third kappa shape index (κ3) is 3.91. The van der Waals surface area contributed by atoms with Gasteiger partial charge in [0, 0.05) is 22.8 Å². The summed E-state index contributed by atoms with van der Waals surface area (Å²) in [4.78, 5) is 17.2. The van der Waals surface area contributed by atoms with E-state index in [4.69, 9.17) is 4.42 Å². The van der Waals surface area contributed by atoms with Gasteiger partial charge in [0.15, 0.2) is 26.9 Å². The van der Waals surface area contributed by atoms with Gasteiger partial charge in [0.2, 0.25) is 0 Å². The Morgan fingerprint density at radius 1 is 1.16 bits per heavy atom. The van der Waals surface area contributed by atoms with Crippen LogP contribution in [0, 0.1) is 18.6 Å². The third-order valence-corrected chi connectivity index (χ3v) is 7.34. The number of aryl methyl sites for hydroxylation is 1. The summed E-state index contributed by atoms with van der Waals surface area (Å²) in [6.45, 7) is 1.88. The molecule has 0 fully saturated rings. The number of hydrogen-bond donors (Lipinski definition) is 1. The summed E-state index contributed by atoms with van der Waals surface area (Å²) >= 11 is 4.00. The van der Waals surface area contributed by atoms with E-state index in [1.807, 2.05) is 25.1 Å². The second-order valence-electron chi connectivity index (χ2n) is 6.49. The molecule has 1 amide bonds. The molecule has 0 bridgehead atoms. The standard InChI is InChI=1S/C20H12F2N4O2S3/c1-9-25-26-20(30-9)29-8-11-10-4-2-3-5-15(10)28-17(11)18(27)24-19-23-14-6-12(21)13(22)7-16(14)31-19/h2-7H,8H2,1H3,(H,23,24,27). The Kier molecular flexibility index (Phi) is 5.16. The number of hydrogen-bond acceptors (Lipinski definition) is 8. The van der Waals surface area contributed by atoms with Gasteiger partial charge in [0.25, 0.3) is 5.91 Å². The summed E-state index contributed by atoms with van der Waals surface area (Å²) in [5, 5.41) is 12.7. The minimum absolute atomic E-state index is 0.159. The third-order valence-electron chi connectivity index (χ3n) is 4.40. The molecule has 3 aromatic heterocycles. The number of para-hydroxylation sites is 1. The number of thiazole rings is 1. The number of furan rings is 1. The molecule has 5 rings (SSSR count). The number of rotatable bonds is 5. The number of fused-ring (bicyclic) bond motifs is 2. The molecule has 0 saturated carbocycles. The molecule has 6 nitrogen and oxygen atoms in total. The smallest absolute Gasteiger partial charge is 0.293 e. The van der Waals surface area contributed by atoms with E-state index in [9.17, 15) is 13.6 Å². The number of carbonyl (C=O) groups excluding carboxylic acids is 1. The van der Waals surface area contributed by atoms with Crippen LogP contribution in [-0.2, 0) is 5.75 Å². The Morgan fingerprint density at radius 2 is 1.97 bits per heavy atom. The first kappa shape index (κ1) is 20.0. The highest BCUT2D eigenvalue weighted by Crippen LogP contribution is 2.34. The molecule has 3 heterocycles. The maximum Gasteiger partial charge on any atom is 0.293 e. The van der Waals surface area contributed by atoms with E-state index < -0.39 is 17.5 Å². The van der Waals surface area contributed by atoms with Crippen LogP contribution in [0.15, 0.2) is 45.2 Å². The van der Waals surface area contributed by atoms with Gasteiger partial charge in [-0.15, -0.1) is 10.2 Å². The minimum Gasteiger partial charge on any atom is -0.451 e. The van der Waals surface area contributed by atoms with Crippen LogP contribution < -0.4 is 5.32 Å². The number of aromatic nitrogens is 3. The largest absolute Gasteiger partial charge is 0.451 e. The van der Waals surface area contributed by atoms with Crippen molar-refractivity contribution in [1.29, 1.82) is 0 Å². The lowest BCUT2D eigenvalue weighted by molar-refractivity contribution is 0.0998. The van der Waals surface area contributed by atoms with Gasteiger partial charge in [-0.25, -0.2) is 13.8 Å². The maximum absolute atomic E-state index is 13.5. The van der Waals surface area contributed by atoms with Crippen molar-refractivity contribution < 1.29 is 18.0 Å². The number of nitrogens with one attached hydrogen (secondary N) is 1. The summed E-state index contributed by atoms with van der Waals surface area (Å²) in [5.41, 5.74) is 1.58. The van der Waals surface area contributed by atoms with Crippen LogP contribution in [0.3, 0.4) is 0 Å². The molecule has 0 aliphatic rings. The van der Waals surface area contributed by atoms with Crippen molar-refractivity contribution in [2.75, 3.05) is 5.32 Å². The molecule has 0 atom stereocenters. The number of thioether (sulfide) groups is 1. The first-order chi connectivity index (χ1) is 15.0. The van der Waals surface area contributed by atoms with Crippen molar-refractivity contribution in [3.8, 4) is 0 Å². The molecule has 5 aromatic rings. The number of carbonyl (C=O) groups is 1. The Hall–Kier alpha value is -2.89. The molecule has 11 heteroatoms. The Labute approximate surface area is 186 Å². The van der Waals surface area contributed by atoms with E-state index in [0.29, 0.717) is 16.0 Å². The van der Waals surface area contributed by atoms with E-state index in [0.717, 1.165) is 43.8 Å². The Bertz CT molecular complexity index is 1400. The zero-order chi connectivity index (χ0) is 21.5. The van der Waals surface area contributed by atoms with Crippen molar-refractivity contribution in [2.45, 2.75) is 17.0 Å². The molecule has 0 saturated heterocycles. The van der Waals surface area contributed by atoms with Crippen molar-refractivity contribution in [2.24, 2.45) is 0 Å². The second-order valence-corrected chi connectivity index (χ2v) is 9.92. The molecule has 31 heavy (non-hydrogen) atoms. The van der Waals surface area contributed by atoms with Crippen LogP contribution in [0.5, 0.6) is 0 Å². The quantitative estimate of drug-likeness (QED) is 0.314. The number of halogens is 2. The van der Waals surface area contributed by atoms with Gasteiger partial charge in [-0.3, -0.25) is 10.1 Å². The average molecular weight is 475 g/mol. The highest BCUT2D eigenvalue weighted by atomic mass is 32.2. The van der Waals surface area contributed by atoms with Crippen LogP contribution >= 0.6 is 34.4 Å². The summed E-state index contributed by atoms with van der Waals surface area (Å²) in [6, 6.07) is 9.45. The normalized spacial score (nSPS) is 11.5. The van der Waals surface area contributed by atoms with Crippen molar-refractivity contribution >= 4 is 66.7 Å². The highest BCUT2D eigenvalue weighted by Gasteiger charge is 2.22. The topological polar surface area (TPSA) is 80.9 Å². The van der Waals surface area contributed by atoms with Gasteiger partial charge in [0.1, 0.15) is 10.6 Å². The minimum atomic E-state index is -0.987. The van der Waals surface area contributed by atoms with Gasteiger partial charge < -0.3 is 4.42 Å². The van der Waals surface area contributed by atoms with Crippen LogP contribution in [-0.4, -0.2) is 21.1 Å². The number of nitrogens with zero attached hydrogens (tertiary/aromatic N) is 3. The molecule has 1 N–H and O–H groups in total. The molecule has 0 aliphatic heterocycles. The predicted octanol–water partition coefficient (Wildman–Crippen LogP) is 6.03. The Balaban J connectivity index is 1.46. The fourth-order valence-corrected chi connectivity index (χ4v) is 5.74. The lowest BCUT2D eigenvalue weighted by atomic mass is 10.1. The van der Waals surface area contributed by atoms with E-state index >= 15 is 0 Å². The maximum atomic E-state index is 13.5. The number of benzene rings is 2. The van der Waals surface area contributed by atoms with E-state index in [2.05, 4.69) is 20.5 Å². The number of anilines is 1. The van der Waals surface area contributed by atoms with Gasteiger partial charge >= 0.3 is 0 Å². The lowest BCUT2D eigenvalue weighted by Crippen LogP contribution is -2.12. The monoisotopic (exact) mass is 474 g/mol. The predicted molar refractivity (Wildman–Crippen MR) is 118 cm³/mol. The average Bonchev–Trinajstić information content (AvgIpc) is 3.43.